The topological polar surface area (TPSA) is 24.9 Å². The van der Waals surface area contributed by atoms with Crippen LogP contribution in [-0.4, -0.2) is 4.98 Å². The van der Waals surface area contributed by atoms with Gasteiger partial charge < -0.3 is 5.32 Å². The number of nitrogens with one attached hydrogen (secondary N) is 1. The van der Waals surface area contributed by atoms with Crippen LogP contribution in [0.2, 0.25) is 10.0 Å². The summed E-state index contributed by atoms with van der Waals surface area (Å²) >= 11 is 14.4. The predicted octanol–water partition coefficient (Wildman–Crippen LogP) is 5.17. The molecule has 0 radical (unpaired) electrons. The molecule has 0 aliphatic rings. The monoisotopic (exact) mass is 352 g/mol. The number of hydrogen-bond donors (Lipinski definition) is 1. The number of aromatic nitrogens is 1. The molecule has 1 aromatic carbocycles. The van der Waals surface area contributed by atoms with Crippen LogP contribution in [-0.2, 0) is 0 Å². The summed E-state index contributed by atoms with van der Waals surface area (Å²) in [7, 11) is 0. The standard InChI is InChI=1S/C11H5BrCl2F2N2/c12-5-1-9(15)11(17-4-5)18-6-2-7(13)10(16)8(14)3-6/h1-4H,(H,17,18). The summed E-state index contributed by atoms with van der Waals surface area (Å²) in [6.45, 7) is 0. The average Bonchev–Trinajstić information content (AvgIpc) is 2.29. The minimum Gasteiger partial charge on any atom is -0.338 e. The van der Waals surface area contributed by atoms with Gasteiger partial charge in [0.2, 0.25) is 0 Å². The number of rotatable bonds is 2. The summed E-state index contributed by atoms with van der Waals surface area (Å²) in [4.78, 5) is 3.84. The summed E-state index contributed by atoms with van der Waals surface area (Å²) in [5.74, 6) is -1.27. The van der Waals surface area contributed by atoms with Crippen LogP contribution in [0.3, 0.4) is 0 Å². The fourth-order valence-electron chi connectivity index (χ4n) is 1.27. The first kappa shape index (κ1) is 13.5. The summed E-state index contributed by atoms with van der Waals surface area (Å²) in [6.07, 6.45) is 1.43. The van der Waals surface area contributed by atoms with E-state index in [1.54, 1.807) is 0 Å². The number of benzene rings is 1. The molecule has 0 fully saturated rings. The lowest BCUT2D eigenvalue weighted by atomic mass is 10.3. The lowest BCUT2D eigenvalue weighted by Gasteiger charge is -2.08. The van der Waals surface area contributed by atoms with Crippen molar-refractivity contribution in [2.45, 2.75) is 0 Å². The Bertz CT molecular complexity index is 585. The molecule has 0 saturated heterocycles. The van der Waals surface area contributed by atoms with Crippen LogP contribution in [0.25, 0.3) is 0 Å². The Balaban J connectivity index is 2.34. The molecule has 2 aromatic rings. The van der Waals surface area contributed by atoms with Gasteiger partial charge in [-0.25, -0.2) is 13.8 Å². The highest BCUT2D eigenvalue weighted by molar-refractivity contribution is 9.10. The molecule has 18 heavy (non-hydrogen) atoms. The molecule has 0 atom stereocenters. The quantitative estimate of drug-likeness (QED) is 0.753. The molecule has 94 valence electrons. The van der Waals surface area contributed by atoms with Crippen LogP contribution in [0, 0.1) is 11.6 Å². The molecule has 2 nitrogen and oxygen atoms in total. The molecule has 0 unspecified atom stereocenters. The van der Waals surface area contributed by atoms with E-state index in [2.05, 4.69) is 26.2 Å². The molecule has 0 bridgehead atoms. The van der Waals surface area contributed by atoms with Gasteiger partial charge in [-0.1, -0.05) is 23.2 Å². The van der Waals surface area contributed by atoms with Crippen molar-refractivity contribution in [1.82, 2.24) is 4.98 Å². The lowest BCUT2D eigenvalue weighted by Crippen LogP contribution is -1.97. The number of halogens is 5. The molecule has 1 heterocycles. The first-order valence-corrected chi connectivity index (χ1v) is 6.25. The Morgan fingerprint density at radius 2 is 1.72 bits per heavy atom. The summed E-state index contributed by atoms with van der Waals surface area (Å²) < 4.78 is 27.2. The molecule has 0 spiro atoms. The Kier molecular flexibility index (Phi) is 4.04. The fraction of sp³-hybridized carbons (Fsp3) is 0. The van der Waals surface area contributed by atoms with Crippen molar-refractivity contribution in [2.24, 2.45) is 0 Å². The van der Waals surface area contributed by atoms with Gasteiger partial charge in [-0.05, 0) is 34.1 Å². The van der Waals surface area contributed by atoms with E-state index >= 15 is 0 Å². The molecule has 0 aliphatic carbocycles. The van der Waals surface area contributed by atoms with Crippen molar-refractivity contribution in [3.63, 3.8) is 0 Å². The van der Waals surface area contributed by atoms with Gasteiger partial charge >= 0.3 is 0 Å². The lowest BCUT2D eigenvalue weighted by molar-refractivity contribution is 0.625. The summed E-state index contributed by atoms with van der Waals surface area (Å²) in [5, 5.41) is 2.36. The van der Waals surface area contributed by atoms with E-state index in [0.29, 0.717) is 10.2 Å². The van der Waals surface area contributed by atoms with Crippen molar-refractivity contribution in [3.05, 3.63) is 50.5 Å². The molecule has 7 heteroatoms. The van der Waals surface area contributed by atoms with Crippen molar-refractivity contribution in [1.29, 1.82) is 0 Å². The predicted molar refractivity (Wildman–Crippen MR) is 71.6 cm³/mol. The highest BCUT2D eigenvalue weighted by atomic mass is 79.9. The van der Waals surface area contributed by atoms with Gasteiger partial charge in [0.1, 0.15) is 0 Å². The maximum Gasteiger partial charge on any atom is 0.166 e. The van der Waals surface area contributed by atoms with E-state index in [-0.39, 0.29) is 15.9 Å². The zero-order chi connectivity index (χ0) is 13.3. The SMILES string of the molecule is Fc1cc(Br)cnc1Nc1cc(Cl)c(F)c(Cl)c1. The Morgan fingerprint density at radius 1 is 1.11 bits per heavy atom. The largest absolute Gasteiger partial charge is 0.338 e. The van der Waals surface area contributed by atoms with Crippen LogP contribution in [0.1, 0.15) is 0 Å². The van der Waals surface area contributed by atoms with E-state index in [9.17, 15) is 8.78 Å². The minimum absolute atomic E-state index is 0.00283. The van der Waals surface area contributed by atoms with Gasteiger partial charge in [-0.3, -0.25) is 0 Å². The van der Waals surface area contributed by atoms with Gasteiger partial charge in [0.25, 0.3) is 0 Å². The van der Waals surface area contributed by atoms with Crippen molar-refractivity contribution in [2.75, 3.05) is 5.32 Å². The zero-order valence-electron chi connectivity index (χ0n) is 8.65. The van der Waals surface area contributed by atoms with E-state index in [1.165, 1.54) is 24.4 Å². The third-order valence-electron chi connectivity index (χ3n) is 2.05. The highest BCUT2D eigenvalue weighted by Crippen LogP contribution is 2.29. The van der Waals surface area contributed by atoms with E-state index in [1.807, 2.05) is 0 Å². The van der Waals surface area contributed by atoms with Gasteiger partial charge in [-0.2, -0.15) is 0 Å². The van der Waals surface area contributed by atoms with Crippen molar-refractivity contribution in [3.8, 4) is 0 Å². The fourth-order valence-corrected chi connectivity index (χ4v) is 2.06. The van der Waals surface area contributed by atoms with Gasteiger partial charge in [0, 0.05) is 16.4 Å². The molecule has 0 aliphatic heterocycles. The molecule has 0 saturated carbocycles. The first-order valence-electron chi connectivity index (χ1n) is 4.70. The highest BCUT2D eigenvalue weighted by Gasteiger charge is 2.10. The molecule has 0 amide bonds. The molecular weight excluding hydrogens is 349 g/mol. The smallest absolute Gasteiger partial charge is 0.166 e. The summed E-state index contributed by atoms with van der Waals surface area (Å²) in [5.41, 5.74) is 0.347. The van der Waals surface area contributed by atoms with Crippen LogP contribution < -0.4 is 5.32 Å². The molecule has 1 N–H and O–H groups in total. The second-order valence-corrected chi connectivity index (χ2v) is 5.09. The van der Waals surface area contributed by atoms with Crippen molar-refractivity contribution < 1.29 is 8.78 Å². The van der Waals surface area contributed by atoms with Gasteiger partial charge in [0.15, 0.2) is 17.5 Å². The van der Waals surface area contributed by atoms with Crippen LogP contribution in [0.5, 0.6) is 0 Å². The number of nitrogens with zero attached hydrogens (tertiary/aromatic N) is 1. The van der Waals surface area contributed by atoms with Crippen LogP contribution >= 0.6 is 39.1 Å². The third kappa shape index (κ3) is 2.91. The second-order valence-electron chi connectivity index (χ2n) is 3.36. The normalized spacial score (nSPS) is 10.5. The maximum absolute atomic E-state index is 13.5. The first-order chi connectivity index (χ1) is 8.47. The number of hydrogen-bond acceptors (Lipinski definition) is 2. The molecule has 2 rings (SSSR count). The van der Waals surface area contributed by atoms with Crippen molar-refractivity contribution >= 4 is 50.6 Å². The van der Waals surface area contributed by atoms with Gasteiger partial charge in [-0.15, -0.1) is 0 Å². The second kappa shape index (κ2) is 5.38. The average molecular weight is 354 g/mol. The van der Waals surface area contributed by atoms with Crippen LogP contribution in [0.15, 0.2) is 28.9 Å². The van der Waals surface area contributed by atoms with E-state index in [0.717, 1.165) is 0 Å². The number of anilines is 2. The maximum atomic E-state index is 13.5. The summed E-state index contributed by atoms with van der Waals surface area (Å²) in [6, 6.07) is 3.85. The molecule has 1 aromatic heterocycles. The third-order valence-corrected chi connectivity index (χ3v) is 3.04. The zero-order valence-corrected chi connectivity index (χ0v) is 11.7. The van der Waals surface area contributed by atoms with E-state index in [4.69, 9.17) is 23.2 Å². The Morgan fingerprint density at radius 3 is 2.28 bits per heavy atom. The molecular formula is C11H5BrCl2F2N2. The van der Waals surface area contributed by atoms with Crippen LogP contribution in [0.4, 0.5) is 20.3 Å². The number of pyridine rings is 1. The Labute approximate surface area is 120 Å². The minimum atomic E-state index is -0.715. The van der Waals surface area contributed by atoms with E-state index < -0.39 is 11.6 Å². The Hall–Kier alpha value is -0.910. The van der Waals surface area contributed by atoms with Gasteiger partial charge in [0.05, 0.1) is 10.0 Å².